The normalized spacial score (nSPS) is 34.2. The number of aliphatic hydroxyl groups excluding tert-OH is 1. The number of carboxylic acids is 1. The number of amides is 1. The SMILES string of the molecule is CC(O)[C@H]1C(=O)N2C(C(=O)O)=C(S[C@@H]3CN[C@H](CC=NN(C)C)C3)[C@H](C)[C@H]12. The zero-order valence-electron chi connectivity index (χ0n) is 16.1. The van der Waals surface area contributed by atoms with Crippen molar-refractivity contribution in [2.24, 2.45) is 16.9 Å². The lowest BCUT2D eigenvalue weighted by Gasteiger charge is -2.46. The summed E-state index contributed by atoms with van der Waals surface area (Å²) in [6.45, 7) is 4.35. The van der Waals surface area contributed by atoms with Crippen molar-refractivity contribution in [3.05, 3.63) is 10.6 Å². The van der Waals surface area contributed by atoms with Crippen LogP contribution in [-0.4, -0.2) is 82.3 Å². The lowest BCUT2D eigenvalue weighted by molar-refractivity contribution is -0.163. The van der Waals surface area contributed by atoms with Gasteiger partial charge < -0.3 is 25.4 Å². The summed E-state index contributed by atoms with van der Waals surface area (Å²) in [5.41, 5.74) is 0.108. The summed E-state index contributed by atoms with van der Waals surface area (Å²) in [5.74, 6) is -1.93. The van der Waals surface area contributed by atoms with Gasteiger partial charge in [0.1, 0.15) is 5.70 Å². The minimum absolute atomic E-state index is 0.0762. The monoisotopic (exact) mass is 396 g/mol. The smallest absolute Gasteiger partial charge is 0.353 e. The molecule has 6 atom stereocenters. The van der Waals surface area contributed by atoms with E-state index in [1.54, 1.807) is 23.7 Å². The van der Waals surface area contributed by atoms with Crippen LogP contribution in [0.1, 0.15) is 26.7 Å². The van der Waals surface area contributed by atoms with Crippen molar-refractivity contribution >= 4 is 29.9 Å². The third-order valence-electron chi connectivity index (χ3n) is 5.49. The van der Waals surface area contributed by atoms with Gasteiger partial charge in [0, 0.05) is 49.0 Å². The number of carbonyl (C=O) groups excluding carboxylic acids is 1. The summed E-state index contributed by atoms with van der Waals surface area (Å²) in [6.07, 6.45) is 2.87. The molecule has 1 unspecified atom stereocenters. The van der Waals surface area contributed by atoms with Crippen molar-refractivity contribution in [3.63, 3.8) is 0 Å². The van der Waals surface area contributed by atoms with Gasteiger partial charge in [-0.3, -0.25) is 4.79 Å². The minimum Gasteiger partial charge on any atom is -0.477 e. The van der Waals surface area contributed by atoms with Crippen molar-refractivity contribution in [3.8, 4) is 0 Å². The van der Waals surface area contributed by atoms with Crippen LogP contribution < -0.4 is 5.32 Å². The molecule has 3 aliphatic rings. The molecule has 0 aromatic heterocycles. The van der Waals surface area contributed by atoms with Crippen molar-refractivity contribution < 1.29 is 19.8 Å². The van der Waals surface area contributed by atoms with Gasteiger partial charge in [-0.15, -0.1) is 11.8 Å². The number of β-lactam (4-membered cyclic amide) rings is 1. The van der Waals surface area contributed by atoms with Crippen LogP contribution in [0.25, 0.3) is 0 Å². The number of hydrogen-bond donors (Lipinski definition) is 3. The molecule has 0 bridgehead atoms. The van der Waals surface area contributed by atoms with Gasteiger partial charge in [0.25, 0.3) is 0 Å². The van der Waals surface area contributed by atoms with Gasteiger partial charge in [0.2, 0.25) is 5.91 Å². The number of carbonyl (C=O) groups is 2. The van der Waals surface area contributed by atoms with Crippen molar-refractivity contribution in [2.75, 3.05) is 20.6 Å². The Morgan fingerprint density at radius 2 is 2.22 bits per heavy atom. The molecule has 0 saturated carbocycles. The van der Waals surface area contributed by atoms with E-state index < -0.39 is 18.0 Å². The summed E-state index contributed by atoms with van der Waals surface area (Å²) in [7, 11) is 3.76. The molecule has 8 nitrogen and oxygen atoms in total. The first-order chi connectivity index (χ1) is 12.7. The van der Waals surface area contributed by atoms with Crippen molar-refractivity contribution in [1.82, 2.24) is 15.2 Å². The fraction of sp³-hybridized carbons (Fsp3) is 0.722. The predicted octanol–water partition coefficient (Wildman–Crippen LogP) is 0.541. The van der Waals surface area contributed by atoms with E-state index in [1.807, 2.05) is 27.2 Å². The van der Waals surface area contributed by atoms with Crippen LogP contribution in [0.4, 0.5) is 0 Å². The van der Waals surface area contributed by atoms with E-state index in [2.05, 4.69) is 10.4 Å². The number of hydrogen-bond acceptors (Lipinski definition) is 7. The Balaban J connectivity index is 1.69. The Morgan fingerprint density at radius 3 is 2.81 bits per heavy atom. The molecule has 27 heavy (non-hydrogen) atoms. The van der Waals surface area contributed by atoms with Crippen molar-refractivity contribution in [1.29, 1.82) is 0 Å². The molecule has 0 aromatic rings. The molecule has 0 radical (unpaired) electrons. The maximum atomic E-state index is 12.4. The summed E-state index contributed by atoms with van der Waals surface area (Å²) >= 11 is 1.57. The largest absolute Gasteiger partial charge is 0.477 e. The van der Waals surface area contributed by atoms with Gasteiger partial charge in [-0.05, 0) is 19.8 Å². The average Bonchev–Trinajstić information content (AvgIpc) is 3.09. The van der Waals surface area contributed by atoms with Gasteiger partial charge in [-0.1, -0.05) is 6.92 Å². The Morgan fingerprint density at radius 1 is 1.52 bits per heavy atom. The number of nitrogens with zero attached hydrogens (tertiary/aromatic N) is 3. The molecule has 9 heteroatoms. The first-order valence-electron chi connectivity index (χ1n) is 9.30. The van der Waals surface area contributed by atoms with Crippen LogP contribution in [-0.2, 0) is 9.59 Å². The maximum Gasteiger partial charge on any atom is 0.353 e. The fourth-order valence-electron chi connectivity index (χ4n) is 4.25. The lowest BCUT2D eigenvalue weighted by atomic mass is 9.79. The Kier molecular flexibility index (Phi) is 5.83. The third-order valence-corrected chi connectivity index (χ3v) is 7.00. The number of aliphatic hydroxyl groups is 1. The number of nitrogens with one attached hydrogen (secondary N) is 1. The first kappa shape index (κ1) is 20.2. The zero-order chi connectivity index (χ0) is 19.9. The number of hydrazone groups is 1. The maximum absolute atomic E-state index is 12.4. The highest BCUT2D eigenvalue weighted by Gasteiger charge is 2.60. The Labute approximate surface area is 163 Å². The van der Waals surface area contributed by atoms with Gasteiger partial charge >= 0.3 is 5.97 Å². The molecule has 2 fully saturated rings. The van der Waals surface area contributed by atoms with Gasteiger partial charge in [0.15, 0.2) is 0 Å². The molecule has 3 aliphatic heterocycles. The van der Waals surface area contributed by atoms with E-state index in [4.69, 9.17) is 0 Å². The number of carboxylic acid groups (broad SMARTS) is 1. The van der Waals surface area contributed by atoms with Crippen LogP contribution in [0.3, 0.4) is 0 Å². The molecule has 0 aromatic carbocycles. The summed E-state index contributed by atoms with van der Waals surface area (Å²) in [6, 6.07) is 0.0733. The van der Waals surface area contributed by atoms with E-state index >= 15 is 0 Å². The highest BCUT2D eigenvalue weighted by atomic mass is 32.2. The summed E-state index contributed by atoms with van der Waals surface area (Å²) < 4.78 is 0. The van der Waals surface area contributed by atoms with E-state index in [0.29, 0.717) is 6.04 Å². The predicted molar refractivity (Wildman–Crippen MR) is 104 cm³/mol. The van der Waals surface area contributed by atoms with Crippen LogP contribution in [0.15, 0.2) is 15.7 Å². The van der Waals surface area contributed by atoms with Gasteiger partial charge in [0.05, 0.1) is 18.1 Å². The molecule has 0 spiro atoms. The van der Waals surface area contributed by atoms with Gasteiger partial charge in [-0.25, -0.2) is 4.79 Å². The second-order valence-corrected chi connectivity index (χ2v) is 9.08. The highest BCUT2D eigenvalue weighted by molar-refractivity contribution is 8.03. The number of rotatable bonds is 7. The Hall–Kier alpha value is -1.58. The van der Waals surface area contributed by atoms with E-state index in [-0.39, 0.29) is 28.8 Å². The molecule has 3 rings (SSSR count). The second-order valence-electron chi connectivity index (χ2n) is 7.73. The highest BCUT2D eigenvalue weighted by Crippen LogP contribution is 2.51. The molecular formula is C18H28N4O4S. The average molecular weight is 397 g/mol. The Bertz CT molecular complexity index is 678. The molecule has 150 valence electrons. The molecule has 3 heterocycles. The summed E-state index contributed by atoms with van der Waals surface area (Å²) in [4.78, 5) is 26.4. The van der Waals surface area contributed by atoms with E-state index in [9.17, 15) is 19.8 Å². The number of aliphatic carboxylic acids is 1. The van der Waals surface area contributed by atoms with Crippen LogP contribution in [0, 0.1) is 11.8 Å². The summed E-state index contributed by atoms with van der Waals surface area (Å²) in [5, 5.41) is 29.3. The van der Waals surface area contributed by atoms with Crippen LogP contribution in [0.5, 0.6) is 0 Å². The van der Waals surface area contributed by atoms with Crippen LogP contribution >= 0.6 is 11.8 Å². The van der Waals surface area contributed by atoms with Crippen molar-refractivity contribution in [2.45, 2.75) is 50.1 Å². The zero-order valence-corrected chi connectivity index (χ0v) is 16.9. The van der Waals surface area contributed by atoms with E-state index in [0.717, 1.165) is 24.3 Å². The first-order valence-corrected chi connectivity index (χ1v) is 10.2. The molecule has 1 amide bonds. The quantitative estimate of drug-likeness (QED) is 0.328. The molecule has 0 aliphatic carbocycles. The lowest BCUT2D eigenvalue weighted by Crippen LogP contribution is -2.63. The second kappa shape index (κ2) is 7.81. The fourth-order valence-corrected chi connectivity index (χ4v) is 5.77. The molecular weight excluding hydrogens is 368 g/mol. The van der Waals surface area contributed by atoms with Gasteiger partial charge in [-0.2, -0.15) is 5.10 Å². The number of thioether (sulfide) groups is 1. The van der Waals surface area contributed by atoms with E-state index in [1.165, 1.54) is 4.90 Å². The number of fused-ring (bicyclic) bond motifs is 1. The minimum atomic E-state index is -1.06. The standard InChI is InChI=1S/C18H28N4O4S/c1-9-14-13(10(2)23)17(24)22(14)15(18(25)26)16(9)27-12-7-11(19-8-12)5-6-20-21(3)4/h6,9-14,19,23H,5,7-8H2,1-4H3,(H,25,26)/t9-,10?,11-,12+,13-,14-/m1/s1. The third kappa shape index (κ3) is 3.72. The molecule has 3 N–H and O–H groups in total. The molecule has 2 saturated heterocycles. The van der Waals surface area contributed by atoms with Crippen LogP contribution in [0.2, 0.25) is 0 Å². The topological polar surface area (TPSA) is 105 Å².